The van der Waals surface area contributed by atoms with Crippen LogP contribution in [0.15, 0.2) is 40.8 Å². The highest BCUT2D eigenvalue weighted by Gasteiger charge is 2.06. The lowest BCUT2D eigenvalue weighted by atomic mass is 10.1. The smallest absolute Gasteiger partial charge is 0.0494 e. The zero-order valence-corrected chi connectivity index (χ0v) is 9.77. The molecule has 1 unspecified atom stereocenters. The van der Waals surface area contributed by atoms with Crippen molar-refractivity contribution in [3.05, 3.63) is 41.5 Å². The summed E-state index contributed by atoms with van der Waals surface area (Å²) in [7, 11) is 0. The van der Waals surface area contributed by atoms with Crippen LogP contribution in [-0.2, 0) is 0 Å². The Morgan fingerprint density at radius 2 is 2.00 bits per heavy atom. The van der Waals surface area contributed by atoms with Gasteiger partial charge in [-0.15, -0.1) is 11.8 Å². The maximum atomic E-state index is 6.08. The molecule has 0 aliphatic rings. The van der Waals surface area contributed by atoms with E-state index in [4.69, 9.17) is 5.73 Å². The summed E-state index contributed by atoms with van der Waals surface area (Å²) in [5.74, 6) is 0. The fraction of sp³-hybridized carbons (Fsp3) is 0.333. The molecule has 0 amide bonds. The minimum Gasteiger partial charge on any atom is -0.321 e. The molecule has 0 aliphatic heterocycles. The molecule has 1 aromatic carbocycles. The largest absolute Gasteiger partial charge is 0.321 e. The lowest BCUT2D eigenvalue weighted by molar-refractivity contribution is 0.874. The quantitative estimate of drug-likeness (QED) is 0.607. The molecule has 2 heteroatoms. The molecule has 1 rings (SSSR count). The van der Waals surface area contributed by atoms with Crippen LogP contribution in [0.1, 0.15) is 25.5 Å². The van der Waals surface area contributed by atoms with Gasteiger partial charge in [-0.25, -0.2) is 0 Å². The number of allylic oxidation sites excluding steroid dienone is 1. The van der Waals surface area contributed by atoms with E-state index in [9.17, 15) is 0 Å². The molecule has 0 aromatic heterocycles. The zero-order chi connectivity index (χ0) is 10.6. The van der Waals surface area contributed by atoms with E-state index in [1.807, 2.05) is 12.1 Å². The maximum absolute atomic E-state index is 6.08. The number of thioether (sulfide) groups is 1. The van der Waals surface area contributed by atoms with E-state index < -0.39 is 0 Å². The summed E-state index contributed by atoms with van der Waals surface area (Å²) in [5, 5.41) is 0. The number of nitrogens with two attached hydrogens (primary N) is 1. The molecule has 0 saturated heterocycles. The first-order valence-electron chi connectivity index (χ1n) is 4.68. The topological polar surface area (TPSA) is 26.0 Å². The fourth-order valence-corrected chi connectivity index (χ4v) is 2.05. The summed E-state index contributed by atoms with van der Waals surface area (Å²) in [5.41, 5.74) is 8.55. The third-order valence-electron chi connectivity index (χ3n) is 2.01. The second-order valence-electron chi connectivity index (χ2n) is 3.51. The number of rotatable bonds is 3. The average Bonchev–Trinajstić information content (AvgIpc) is 2.16. The van der Waals surface area contributed by atoms with E-state index in [1.54, 1.807) is 11.8 Å². The molecule has 0 radical (unpaired) electrons. The van der Waals surface area contributed by atoms with Crippen molar-refractivity contribution >= 4 is 11.8 Å². The second kappa shape index (κ2) is 5.23. The van der Waals surface area contributed by atoms with Gasteiger partial charge in [0.2, 0.25) is 0 Å². The molecule has 0 saturated carbocycles. The van der Waals surface area contributed by atoms with Gasteiger partial charge in [0, 0.05) is 10.9 Å². The third kappa shape index (κ3) is 2.89. The SMILES string of the molecule is CSc1ccccc1C(N)C=C(C)C. The number of hydrogen-bond donors (Lipinski definition) is 1. The average molecular weight is 207 g/mol. The Hall–Kier alpha value is -0.730. The van der Waals surface area contributed by atoms with Crippen molar-refractivity contribution in [2.45, 2.75) is 24.8 Å². The zero-order valence-electron chi connectivity index (χ0n) is 8.95. The van der Waals surface area contributed by atoms with E-state index >= 15 is 0 Å². The van der Waals surface area contributed by atoms with Crippen LogP contribution >= 0.6 is 11.8 Å². The lowest BCUT2D eigenvalue weighted by Crippen LogP contribution is -2.08. The van der Waals surface area contributed by atoms with Crippen molar-refractivity contribution in [1.82, 2.24) is 0 Å². The normalized spacial score (nSPS) is 12.3. The summed E-state index contributed by atoms with van der Waals surface area (Å²) < 4.78 is 0. The van der Waals surface area contributed by atoms with Gasteiger partial charge in [-0.05, 0) is 31.7 Å². The molecule has 1 nitrogen and oxygen atoms in total. The highest BCUT2D eigenvalue weighted by Crippen LogP contribution is 2.25. The van der Waals surface area contributed by atoms with Crippen LogP contribution < -0.4 is 5.73 Å². The fourth-order valence-electron chi connectivity index (χ4n) is 1.39. The third-order valence-corrected chi connectivity index (χ3v) is 2.82. The van der Waals surface area contributed by atoms with Crippen molar-refractivity contribution in [2.75, 3.05) is 6.26 Å². The van der Waals surface area contributed by atoms with Gasteiger partial charge in [-0.2, -0.15) is 0 Å². The first-order chi connectivity index (χ1) is 6.65. The van der Waals surface area contributed by atoms with Crippen LogP contribution in [0.2, 0.25) is 0 Å². The highest BCUT2D eigenvalue weighted by molar-refractivity contribution is 7.98. The molecule has 1 aromatic rings. The first kappa shape index (κ1) is 11.3. The summed E-state index contributed by atoms with van der Waals surface area (Å²) in [4.78, 5) is 1.26. The standard InChI is InChI=1S/C12H17NS/c1-9(2)8-11(13)10-6-4-5-7-12(10)14-3/h4-8,11H,13H2,1-3H3. The summed E-state index contributed by atoms with van der Waals surface area (Å²) in [6.45, 7) is 4.14. The van der Waals surface area contributed by atoms with Gasteiger partial charge in [-0.1, -0.05) is 29.8 Å². The van der Waals surface area contributed by atoms with E-state index in [2.05, 4.69) is 38.3 Å². The van der Waals surface area contributed by atoms with E-state index in [0.29, 0.717) is 0 Å². The molecule has 14 heavy (non-hydrogen) atoms. The minimum absolute atomic E-state index is 0.0173. The van der Waals surface area contributed by atoms with Crippen LogP contribution in [0.3, 0.4) is 0 Å². The monoisotopic (exact) mass is 207 g/mol. The van der Waals surface area contributed by atoms with Crippen molar-refractivity contribution in [3.63, 3.8) is 0 Å². The van der Waals surface area contributed by atoms with Crippen LogP contribution in [0.5, 0.6) is 0 Å². The van der Waals surface area contributed by atoms with Crippen LogP contribution in [0.25, 0.3) is 0 Å². The predicted octanol–water partition coefficient (Wildman–Crippen LogP) is 3.37. The first-order valence-corrected chi connectivity index (χ1v) is 5.91. The molecule has 2 N–H and O–H groups in total. The maximum Gasteiger partial charge on any atom is 0.0494 e. The van der Waals surface area contributed by atoms with Gasteiger partial charge >= 0.3 is 0 Å². The Morgan fingerprint density at radius 3 is 2.57 bits per heavy atom. The number of benzene rings is 1. The van der Waals surface area contributed by atoms with E-state index in [1.165, 1.54) is 16.0 Å². The Morgan fingerprint density at radius 1 is 1.36 bits per heavy atom. The highest BCUT2D eigenvalue weighted by atomic mass is 32.2. The molecule has 0 fully saturated rings. The van der Waals surface area contributed by atoms with Gasteiger partial charge < -0.3 is 5.73 Å². The molecule has 0 spiro atoms. The molecule has 0 heterocycles. The van der Waals surface area contributed by atoms with Crippen LogP contribution in [0, 0.1) is 0 Å². The van der Waals surface area contributed by atoms with Crippen molar-refractivity contribution in [2.24, 2.45) is 5.73 Å². The van der Waals surface area contributed by atoms with Crippen molar-refractivity contribution in [3.8, 4) is 0 Å². The Kier molecular flexibility index (Phi) is 4.23. The summed E-state index contributed by atoms with van der Waals surface area (Å²) >= 11 is 1.74. The predicted molar refractivity (Wildman–Crippen MR) is 64.6 cm³/mol. The van der Waals surface area contributed by atoms with Crippen molar-refractivity contribution < 1.29 is 0 Å². The molecule has 76 valence electrons. The Labute approximate surface area is 90.4 Å². The van der Waals surface area contributed by atoms with E-state index in [0.717, 1.165) is 0 Å². The Bertz CT molecular complexity index is 327. The lowest BCUT2D eigenvalue weighted by Gasteiger charge is -2.12. The Balaban J connectivity index is 2.99. The van der Waals surface area contributed by atoms with Crippen molar-refractivity contribution in [1.29, 1.82) is 0 Å². The van der Waals surface area contributed by atoms with E-state index in [-0.39, 0.29) is 6.04 Å². The summed E-state index contributed by atoms with van der Waals surface area (Å²) in [6, 6.07) is 8.30. The molecular weight excluding hydrogens is 190 g/mol. The minimum atomic E-state index is 0.0173. The second-order valence-corrected chi connectivity index (χ2v) is 4.36. The molecular formula is C12H17NS. The molecule has 1 atom stereocenters. The van der Waals surface area contributed by atoms with Gasteiger partial charge in [-0.3, -0.25) is 0 Å². The molecule has 0 bridgehead atoms. The number of hydrogen-bond acceptors (Lipinski definition) is 2. The summed E-state index contributed by atoms with van der Waals surface area (Å²) in [6.07, 6.45) is 4.17. The van der Waals surface area contributed by atoms with Crippen LogP contribution in [0.4, 0.5) is 0 Å². The van der Waals surface area contributed by atoms with Gasteiger partial charge in [0.1, 0.15) is 0 Å². The van der Waals surface area contributed by atoms with Crippen LogP contribution in [-0.4, -0.2) is 6.26 Å². The van der Waals surface area contributed by atoms with Gasteiger partial charge in [0.25, 0.3) is 0 Å². The van der Waals surface area contributed by atoms with Gasteiger partial charge in [0.15, 0.2) is 0 Å². The molecule has 0 aliphatic carbocycles. The van der Waals surface area contributed by atoms with Gasteiger partial charge in [0.05, 0.1) is 0 Å².